The number of alkyl halides is 2. The second kappa shape index (κ2) is 8.94. The van der Waals surface area contributed by atoms with E-state index in [-0.39, 0.29) is 25.4 Å². The van der Waals surface area contributed by atoms with Crippen molar-refractivity contribution in [2.75, 3.05) is 19.7 Å². The van der Waals surface area contributed by atoms with Crippen LogP contribution in [-0.2, 0) is 4.79 Å². The molecular weight excluding hydrogens is 313 g/mol. The second-order valence-electron chi connectivity index (χ2n) is 3.89. The van der Waals surface area contributed by atoms with Crippen LogP contribution < -0.4 is 15.8 Å². The Morgan fingerprint density at radius 1 is 1.35 bits per heavy atom. The Bertz CT molecular complexity index is 416. The van der Waals surface area contributed by atoms with E-state index < -0.39 is 24.9 Å². The lowest BCUT2D eigenvalue weighted by Crippen LogP contribution is -2.41. The van der Waals surface area contributed by atoms with Crippen LogP contribution in [0.2, 0.25) is 5.02 Å². The summed E-state index contributed by atoms with van der Waals surface area (Å²) in [6.07, 6.45) is -0.0106. The molecule has 1 amide bonds. The van der Waals surface area contributed by atoms with Crippen LogP contribution in [0, 0.1) is 0 Å². The topological polar surface area (TPSA) is 64.3 Å². The molecule has 0 bridgehead atoms. The molecular formula is C12H16Cl2F2N2O2. The molecule has 0 aromatic heterocycles. The van der Waals surface area contributed by atoms with Crippen LogP contribution in [0.1, 0.15) is 6.42 Å². The van der Waals surface area contributed by atoms with Crippen LogP contribution in [0.3, 0.4) is 0 Å². The largest absolute Gasteiger partial charge is 0.493 e. The minimum absolute atomic E-state index is 0. The first-order valence-corrected chi connectivity index (χ1v) is 6.04. The Morgan fingerprint density at radius 2 is 1.95 bits per heavy atom. The summed E-state index contributed by atoms with van der Waals surface area (Å²) in [7, 11) is 0. The third kappa shape index (κ3) is 7.47. The van der Waals surface area contributed by atoms with Gasteiger partial charge in [-0.25, -0.2) is 8.78 Å². The number of rotatable bonds is 7. The molecule has 1 aromatic rings. The lowest BCUT2D eigenvalue weighted by molar-refractivity contribution is -0.123. The predicted molar refractivity (Wildman–Crippen MR) is 75.8 cm³/mol. The van der Waals surface area contributed by atoms with Gasteiger partial charge in [0.05, 0.1) is 26.1 Å². The second-order valence-corrected chi connectivity index (χ2v) is 4.33. The van der Waals surface area contributed by atoms with Gasteiger partial charge in [-0.15, -0.1) is 12.4 Å². The molecule has 0 radical (unpaired) electrons. The van der Waals surface area contributed by atoms with Crippen molar-refractivity contribution in [2.45, 2.75) is 12.3 Å². The van der Waals surface area contributed by atoms with Crippen LogP contribution in [0.4, 0.5) is 8.78 Å². The number of hydrogen-bond donors (Lipinski definition) is 2. The van der Waals surface area contributed by atoms with Gasteiger partial charge in [0.1, 0.15) is 5.75 Å². The van der Waals surface area contributed by atoms with Crippen molar-refractivity contribution in [1.82, 2.24) is 5.32 Å². The molecule has 0 fully saturated rings. The Kier molecular flexibility index (Phi) is 8.45. The van der Waals surface area contributed by atoms with E-state index in [9.17, 15) is 13.6 Å². The van der Waals surface area contributed by atoms with E-state index >= 15 is 0 Å². The molecule has 3 N–H and O–H groups in total. The Balaban J connectivity index is 0.00000361. The van der Waals surface area contributed by atoms with E-state index in [4.69, 9.17) is 22.1 Å². The third-order valence-electron chi connectivity index (χ3n) is 2.25. The minimum Gasteiger partial charge on any atom is -0.493 e. The number of carbonyl (C=O) groups is 1. The number of carbonyl (C=O) groups excluding carboxylic acids is 1. The summed E-state index contributed by atoms with van der Waals surface area (Å²) < 4.78 is 30.8. The van der Waals surface area contributed by atoms with Gasteiger partial charge in [-0.3, -0.25) is 4.79 Å². The first-order valence-electron chi connectivity index (χ1n) is 5.66. The van der Waals surface area contributed by atoms with Crippen molar-refractivity contribution < 1.29 is 18.3 Å². The minimum atomic E-state index is -3.08. The average Bonchev–Trinajstić information content (AvgIpc) is 2.39. The summed E-state index contributed by atoms with van der Waals surface area (Å²) in [5.41, 5.74) is 4.84. The molecule has 0 heterocycles. The molecule has 114 valence electrons. The fraction of sp³-hybridized carbons (Fsp3) is 0.417. The summed E-state index contributed by atoms with van der Waals surface area (Å²) in [5, 5.41) is 2.68. The van der Waals surface area contributed by atoms with Gasteiger partial charge >= 0.3 is 0 Å². The molecule has 0 aliphatic rings. The fourth-order valence-corrected chi connectivity index (χ4v) is 1.31. The third-order valence-corrected chi connectivity index (χ3v) is 2.51. The van der Waals surface area contributed by atoms with Crippen LogP contribution >= 0.6 is 24.0 Å². The molecule has 0 aliphatic heterocycles. The molecule has 0 saturated heterocycles. The van der Waals surface area contributed by atoms with E-state index in [1.807, 2.05) is 0 Å². The zero-order chi connectivity index (χ0) is 14.3. The molecule has 1 aromatic carbocycles. The van der Waals surface area contributed by atoms with E-state index in [0.717, 1.165) is 0 Å². The number of nitrogens with one attached hydrogen (secondary N) is 1. The summed E-state index contributed by atoms with van der Waals surface area (Å²) in [5.74, 6) is -3.03. The van der Waals surface area contributed by atoms with Gasteiger partial charge in [-0.1, -0.05) is 11.6 Å². The quantitative estimate of drug-likeness (QED) is 0.806. The SMILES string of the molecule is Cl.NCC(F)(F)CNC(=O)CCOc1ccc(Cl)cc1. The van der Waals surface area contributed by atoms with Crippen LogP contribution in [0.25, 0.3) is 0 Å². The Labute approximate surface area is 127 Å². The first kappa shape index (κ1) is 18.9. The molecule has 0 aliphatic carbocycles. The highest BCUT2D eigenvalue weighted by Gasteiger charge is 2.26. The monoisotopic (exact) mass is 328 g/mol. The molecule has 1 rings (SSSR count). The molecule has 8 heteroatoms. The van der Waals surface area contributed by atoms with Crippen LogP contribution in [0.15, 0.2) is 24.3 Å². The summed E-state index contributed by atoms with van der Waals surface area (Å²) in [4.78, 5) is 11.3. The summed E-state index contributed by atoms with van der Waals surface area (Å²) in [6, 6.07) is 6.61. The summed E-state index contributed by atoms with van der Waals surface area (Å²) >= 11 is 5.69. The van der Waals surface area contributed by atoms with E-state index in [2.05, 4.69) is 5.32 Å². The van der Waals surface area contributed by atoms with E-state index in [1.54, 1.807) is 24.3 Å². The average molecular weight is 329 g/mol. The molecule has 20 heavy (non-hydrogen) atoms. The van der Waals surface area contributed by atoms with Crippen LogP contribution in [0.5, 0.6) is 5.75 Å². The lowest BCUT2D eigenvalue weighted by atomic mass is 10.3. The van der Waals surface area contributed by atoms with Gasteiger partial charge in [-0.05, 0) is 24.3 Å². The normalized spacial score (nSPS) is 10.6. The molecule has 4 nitrogen and oxygen atoms in total. The standard InChI is InChI=1S/C12H15ClF2N2O2.ClH/c13-9-1-3-10(4-2-9)19-6-5-11(18)17-8-12(14,15)7-16;/h1-4H,5-8,16H2,(H,17,18);1H. The maximum atomic E-state index is 12.8. The number of hydrogen-bond acceptors (Lipinski definition) is 3. The van der Waals surface area contributed by atoms with Gasteiger partial charge in [0.2, 0.25) is 5.91 Å². The van der Waals surface area contributed by atoms with Crippen molar-refractivity contribution in [2.24, 2.45) is 5.73 Å². The Morgan fingerprint density at radius 3 is 2.50 bits per heavy atom. The highest BCUT2D eigenvalue weighted by molar-refractivity contribution is 6.30. The van der Waals surface area contributed by atoms with E-state index in [1.165, 1.54) is 0 Å². The first-order chi connectivity index (χ1) is 8.93. The molecule has 0 unspecified atom stereocenters. The zero-order valence-electron chi connectivity index (χ0n) is 10.6. The number of amides is 1. The number of ether oxygens (including phenoxy) is 1. The number of nitrogens with two attached hydrogens (primary N) is 1. The van der Waals surface area contributed by atoms with Gasteiger partial charge < -0.3 is 15.8 Å². The van der Waals surface area contributed by atoms with Crippen molar-refractivity contribution in [3.63, 3.8) is 0 Å². The highest BCUT2D eigenvalue weighted by Crippen LogP contribution is 2.15. The summed E-state index contributed by atoms with van der Waals surface area (Å²) in [6.45, 7) is -1.46. The molecule has 0 saturated carbocycles. The lowest BCUT2D eigenvalue weighted by Gasteiger charge is -2.14. The zero-order valence-corrected chi connectivity index (χ0v) is 12.1. The Hall–Kier alpha value is -1.11. The molecule has 0 atom stereocenters. The van der Waals surface area contributed by atoms with Gasteiger partial charge in [-0.2, -0.15) is 0 Å². The van der Waals surface area contributed by atoms with E-state index in [0.29, 0.717) is 10.8 Å². The number of halogens is 4. The maximum absolute atomic E-state index is 12.8. The predicted octanol–water partition coefficient (Wildman–Crippen LogP) is 2.24. The van der Waals surface area contributed by atoms with Crippen molar-refractivity contribution in [1.29, 1.82) is 0 Å². The van der Waals surface area contributed by atoms with Crippen molar-refractivity contribution in [3.05, 3.63) is 29.3 Å². The van der Waals surface area contributed by atoms with Gasteiger partial charge in [0.15, 0.2) is 0 Å². The number of benzene rings is 1. The smallest absolute Gasteiger partial charge is 0.277 e. The van der Waals surface area contributed by atoms with Gasteiger partial charge in [0.25, 0.3) is 5.92 Å². The van der Waals surface area contributed by atoms with Crippen molar-refractivity contribution >= 4 is 29.9 Å². The fourth-order valence-electron chi connectivity index (χ4n) is 1.18. The maximum Gasteiger partial charge on any atom is 0.277 e. The highest BCUT2D eigenvalue weighted by atomic mass is 35.5. The van der Waals surface area contributed by atoms with Crippen molar-refractivity contribution in [3.8, 4) is 5.75 Å². The van der Waals surface area contributed by atoms with Crippen LogP contribution in [-0.4, -0.2) is 31.5 Å². The van der Waals surface area contributed by atoms with Gasteiger partial charge in [0, 0.05) is 5.02 Å². The molecule has 0 spiro atoms.